The van der Waals surface area contributed by atoms with Crippen LogP contribution in [-0.4, -0.2) is 18.0 Å². The summed E-state index contributed by atoms with van der Waals surface area (Å²) < 4.78 is 0. The molecule has 34 heavy (non-hydrogen) atoms. The fraction of sp³-hybridized carbons (Fsp3) is 0. The number of hydrogen-bond acceptors (Lipinski definition) is 4. The number of carbonyl (C=O) groups excluding carboxylic acids is 3. The maximum absolute atomic E-state index is 12.3. The summed E-state index contributed by atoms with van der Waals surface area (Å²) in [4.78, 5) is 36.1. The zero-order valence-electron chi connectivity index (χ0n) is 18.1. The van der Waals surface area contributed by atoms with Crippen LogP contribution in [0.25, 0.3) is 0 Å². The van der Waals surface area contributed by atoms with Crippen LogP contribution in [0.4, 0.5) is 32.3 Å². The average Bonchev–Trinajstić information content (AvgIpc) is 2.78. The first-order chi connectivity index (χ1) is 15.9. The predicted molar refractivity (Wildman–Crippen MR) is 125 cm³/mol. The van der Waals surface area contributed by atoms with Gasteiger partial charge in [0.25, 0.3) is 0 Å². The number of nitrogens with one attached hydrogen (secondary N) is 4. The van der Waals surface area contributed by atoms with Crippen LogP contribution >= 0.6 is 0 Å². The Labute approximate surface area is 218 Å². The van der Waals surface area contributed by atoms with Crippen molar-refractivity contribution in [1.82, 2.24) is 0 Å². The molecule has 0 spiro atoms. The largest absolute Gasteiger partial charge is 1.00 e. The Bertz CT molecular complexity index is 1230. The monoisotopic (exact) mass is 460 g/mol. The van der Waals surface area contributed by atoms with Crippen LogP contribution in [0, 0.1) is 24.7 Å². The molecule has 8 nitrogen and oxygen atoms in total. The molecule has 0 radical (unpaired) electrons. The standard InChI is InChI=1S/C25H18N4O4.Na/c1-3-16-7-5-9-19(11-16)26-24(32)28-21-13-18(23(30)31)14-22(15-21)29-25(33)27-20-10-6-8-17(4-2)12-20;/h1-2,5-15H,(H,30,31)(H2,26,28,32)(H2,27,29,33);/q;+1/p-1. The van der Waals surface area contributed by atoms with Crippen molar-refractivity contribution < 1.29 is 49.0 Å². The number of amides is 4. The fourth-order valence-electron chi connectivity index (χ4n) is 2.85. The second-order valence-electron chi connectivity index (χ2n) is 6.70. The number of aromatic carboxylic acids is 1. The summed E-state index contributed by atoms with van der Waals surface area (Å²) in [7, 11) is 0. The smallest absolute Gasteiger partial charge is 0.545 e. The van der Waals surface area contributed by atoms with Gasteiger partial charge in [0, 0.05) is 39.4 Å². The van der Waals surface area contributed by atoms with Gasteiger partial charge in [-0.1, -0.05) is 24.0 Å². The minimum atomic E-state index is -1.48. The van der Waals surface area contributed by atoms with Gasteiger partial charge >= 0.3 is 41.6 Å². The van der Waals surface area contributed by atoms with Crippen LogP contribution in [-0.2, 0) is 0 Å². The number of benzene rings is 3. The first kappa shape index (κ1) is 26.0. The first-order valence-electron chi connectivity index (χ1n) is 9.52. The van der Waals surface area contributed by atoms with Crippen molar-refractivity contribution in [1.29, 1.82) is 0 Å². The second kappa shape index (κ2) is 12.1. The van der Waals surface area contributed by atoms with E-state index in [4.69, 9.17) is 12.8 Å². The third kappa shape index (κ3) is 7.44. The second-order valence-corrected chi connectivity index (χ2v) is 6.70. The quantitative estimate of drug-likeness (QED) is 0.323. The van der Waals surface area contributed by atoms with Gasteiger partial charge in [0.15, 0.2) is 0 Å². The molecule has 0 aromatic heterocycles. The SMILES string of the molecule is C#Cc1cccc(NC(=O)Nc2cc(NC(=O)Nc3cccc(C#C)c3)cc(C(=O)[O-])c2)c1.[Na+]. The van der Waals surface area contributed by atoms with Gasteiger partial charge in [-0.3, -0.25) is 0 Å². The summed E-state index contributed by atoms with van der Waals surface area (Å²) in [6, 6.07) is 15.8. The van der Waals surface area contributed by atoms with Gasteiger partial charge in [0.05, 0.1) is 5.97 Å². The van der Waals surface area contributed by atoms with E-state index in [0.717, 1.165) is 0 Å². The third-order valence-electron chi connectivity index (χ3n) is 4.26. The van der Waals surface area contributed by atoms with Crippen molar-refractivity contribution in [3.63, 3.8) is 0 Å². The Morgan fingerprint density at radius 3 is 1.44 bits per heavy atom. The zero-order chi connectivity index (χ0) is 23.8. The van der Waals surface area contributed by atoms with E-state index in [1.54, 1.807) is 48.5 Å². The van der Waals surface area contributed by atoms with E-state index >= 15 is 0 Å². The normalized spacial score (nSPS) is 9.35. The van der Waals surface area contributed by atoms with Crippen LogP contribution in [0.2, 0.25) is 0 Å². The van der Waals surface area contributed by atoms with Crippen molar-refractivity contribution >= 4 is 40.8 Å². The van der Waals surface area contributed by atoms with Gasteiger partial charge < -0.3 is 31.2 Å². The molecule has 0 saturated carbocycles. The van der Waals surface area contributed by atoms with E-state index in [1.165, 1.54) is 18.2 Å². The van der Waals surface area contributed by atoms with Crippen LogP contribution in [0.1, 0.15) is 21.5 Å². The van der Waals surface area contributed by atoms with E-state index in [0.29, 0.717) is 22.5 Å². The van der Waals surface area contributed by atoms with Crippen molar-refractivity contribution in [2.45, 2.75) is 0 Å². The Morgan fingerprint density at radius 1 is 0.647 bits per heavy atom. The summed E-state index contributed by atoms with van der Waals surface area (Å²) in [5.74, 6) is 3.44. The predicted octanol–water partition coefficient (Wildman–Crippen LogP) is 0.305. The molecule has 3 aromatic rings. The molecular formula is C25H17N4NaO4. The Hall–Kier alpha value is -4.21. The van der Waals surface area contributed by atoms with Crippen LogP contribution in [0.3, 0.4) is 0 Å². The van der Waals surface area contributed by atoms with Crippen molar-refractivity contribution in [2.24, 2.45) is 0 Å². The van der Waals surface area contributed by atoms with Gasteiger partial charge in [-0.25, -0.2) is 9.59 Å². The molecule has 9 heteroatoms. The number of carbonyl (C=O) groups is 3. The molecular weight excluding hydrogens is 443 g/mol. The van der Waals surface area contributed by atoms with Crippen LogP contribution < -0.4 is 55.9 Å². The summed E-state index contributed by atoms with van der Waals surface area (Å²) in [6.45, 7) is 0. The molecule has 0 aliphatic heterocycles. The van der Waals surface area contributed by atoms with Gasteiger partial charge in [-0.05, 0) is 54.6 Å². The molecule has 3 aromatic carbocycles. The maximum Gasteiger partial charge on any atom is 1.00 e. The topological polar surface area (TPSA) is 122 Å². The molecule has 0 fully saturated rings. The third-order valence-corrected chi connectivity index (χ3v) is 4.26. The molecule has 0 unspecified atom stereocenters. The molecule has 0 heterocycles. The average molecular weight is 460 g/mol. The molecule has 0 saturated heterocycles. The Balaban J connectivity index is 0.00000408. The number of carboxylic acids is 1. The summed E-state index contributed by atoms with van der Waals surface area (Å²) in [5.41, 5.74) is 2.05. The number of hydrogen-bond donors (Lipinski definition) is 4. The van der Waals surface area contributed by atoms with E-state index in [1.807, 2.05) is 0 Å². The first-order valence-corrected chi connectivity index (χ1v) is 9.52. The summed E-state index contributed by atoms with van der Waals surface area (Å²) in [5, 5.41) is 21.6. The van der Waals surface area contributed by atoms with Gasteiger partial charge in [-0.15, -0.1) is 12.8 Å². The van der Waals surface area contributed by atoms with Crippen LogP contribution in [0.5, 0.6) is 0 Å². The van der Waals surface area contributed by atoms with E-state index in [9.17, 15) is 19.5 Å². The minimum absolute atomic E-state index is 0. The molecule has 4 N–H and O–H groups in total. The molecule has 162 valence electrons. The molecule has 0 aliphatic rings. The molecule has 4 amide bonds. The van der Waals surface area contributed by atoms with Crippen molar-refractivity contribution in [2.75, 3.05) is 21.3 Å². The molecule has 0 aliphatic carbocycles. The molecule has 0 atom stereocenters. The number of urea groups is 2. The zero-order valence-corrected chi connectivity index (χ0v) is 20.1. The van der Waals surface area contributed by atoms with E-state index in [2.05, 4.69) is 33.1 Å². The Morgan fingerprint density at radius 2 is 1.06 bits per heavy atom. The van der Waals surface area contributed by atoms with Crippen LogP contribution in [0.15, 0.2) is 66.7 Å². The van der Waals surface area contributed by atoms with Gasteiger partial charge in [-0.2, -0.15) is 0 Å². The summed E-state index contributed by atoms with van der Waals surface area (Å²) in [6.07, 6.45) is 10.7. The fourth-order valence-corrected chi connectivity index (χ4v) is 2.85. The van der Waals surface area contributed by atoms with E-state index < -0.39 is 18.0 Å². The summed E-state index contributed by atoms with van der Waals surface area (Å²) >= 11 is 0. The number of anilines is 4. The van der Waals surface area contributed by atoms with Crippen molar-refractivity contribution in [3.8, 4) is 24.7 Å². The minimum Gasteiger partial charge on any atom is -0.545 e. The molecule has 0 bridgehead atoms. The van der Waals surface area contributed by atoms with E-state index in [-0.39, 0.29) is 46.5 Å². The number of carboxylic acid groups (broad SMARTS) is 1. The van der Waals surface area contributed by atoms with Gasteiger partial charge in [0.2, 0.25) is 0 Å². The number of rotatable bonds is 5. The van der Waals surface area contributed by atoms with Gasteiger partial charge in [0.1, 0.15) is 0 Å². The molecule has 3 rings (SSSR count). The maximum atomic E-state index is 12.3. The number of terminal acetylenes is 2. The Kier molecular flexibility index (Phi) is 9.30. The van der Waals surface area contributed by atoms with Crippen molar-refractivity contribution in [3.05, 3.63) is 83.4 Å².